The summed E-state index contributed by atoms with van der Waals surface area (Å²) in [6.07, 6.45) is 6.53. The van der Waals surface area contributed by atoms with Crippen LogP contribution in [0.3, 0.4) is 0 Å². The molecule has 1 aliphatic rings. The van der Waals surface area contributed by atoms with E-state index < -0.39 is 0 Å². The van der Waals surface area contributed by atoms with Gasteiger partial charge in [-0.25, -0.2) is 0 Å². The Bertz CT molecular complexity index is 86.4. The van der Waals surface area contributed by atoms with Crippen LogP contribution in [0.15, 0.2) is 12.2 Å². The molecule has 0 aromatic heterocycles. The molecule has 0 aliphatic carbocycles. The van der Waals surface area contributed by atoms with Gasteiger partial charge in [-0.05, 0) is 12.8 Å². The third-order valence-electron chi connectivity index (χ3n) is 1.32. The van der Waals surface area contributed by atoms with E-state index in [4.69, 9.17) is 4.74 Å². The minimum Gasteiger partial charge on any atom is -0.374 e. The molecule has 0 aromatic carbocycles. The van der Waals surface area contributed by atoms with Crippen LogP contribution >= 0.6 is 0 Å². The molecule has 1 rings (SSSR count). The Kier molecular flexibility index (Phi) is 2.10. The first-order valence-electron chi connectivity index (χ1n) is 2.99. The van der Waals surface area contributed by atoms with Crippen molar-refractivity contribution in [3.05, 3.63) is 19.1 Å². The highest BCUT2D eigenvalue weighted by molar-refractivity contribution is 4.89. The van der Waals surface area contributed by atoms with Crippen molar-refractivity contribution in [2.24, 2.45) is 0 Å². The molecule has 1 unspecified atom stereocenters. The van der Waals surface area contributed by atoms with Gasteiger partial charge in [-0.1, -0.05) is 19.1 Å². The highest BCUT2D eigenvalue weighted by Crippen LogP contribution is 2.07. The van der Waals surface area contributed by atoms with Gasteiger partial charge in [0.1, 0.15) is 0 Å². The lowest BCUT2D eigenvalue weighted by Gasteiger charge is -2.15. The summed E-state index contributed by atoms with van der Waals surface area (Å²) in [5, 5.41) is 0. The van der Waals surface area contributed by atoms with E-state index in [1.54, 1.807) is 0 Å². The van der Waals surface area contributed by atoms with Crippen LogP contribution in [0.25, 0.3) is 0 Å². The van der Waals surface area contributed by atoms with Crippen molar-refractivity contribution in [3.8, 4) is 0 Å². The standard InChI is InChI=1S/C7H11O/c1-2-7-5-3-4-6-8-7/h3-4,7H,1-2,5-6H2. The van der Waals surface area contributed by atoms with E-state index in [0.29, 0.717) is 6.10 Å². The first-order chi connectivity index (χ1) is 3.93. The van der Waals surface area contributed by atoms with Crippen LogP contribution in [0.5, 0.6) is 0 Å². The Hall–Kier alpha value is -0.300. The zero-order valence-corrected chi connectivity index (χ0v) is 4.97. The highest BCUT2D eigenvalue weighted by atomic mass is 16.5. The Morgan fingerprint density at radius 3 is 2.88 bits per heavy atom. The van der Waals surface area contributed by atoms with Crippen LogP contribution in [-0.2, 0) is 4.74 Å². The van der Waals surface area contributed by atoms with E-state index >= 15 is 0 Å². The monoisotopic (exact) mass is 111 g/mol. The number of ether oxygens (including phenoxy) is 1. The first kappa shape index (κ1) is 5.83. The smallest absolute Gasteiger partial charge is 0.0651 e. The van der Waals surface area contributed by atoms with Crippen LogP contribution in [0, 0.1) is 6.92 Å². The SMILES string of the molecule is [CH2]CC1CC=CCO1. The number of hydrogen-bond acceptors (Lipinski definition) is 1. The highest BCUT2D eigenvalue weighted by Gasteiger charge is 2.05. The van der Waals surface area contributed by atoms with Gasteiger partial charge < -0.3 is 4.74 Å². The van der Waals surface area contributed by atoms with Crippen LogP contribution in [0.2, 0.25) is 0 Å². The molecule has 8 heavy (non-hydrogen) atoms. The van der Waals surface area contributed by atoms with E-state index in [0.717, 1.165) is 19.4 Å². The topological polar surface area (TPSA) is 9.23 Å². The molecule has 1 atom stereocenters. The molecule has 1 radical (unpaired) electrons. The molecule has 1 heteroatoms. The minimum atomic E-state index is 0.389. The Balaban J connectivity index is 2.27. The normalized spacial score (nSPS) is 28.4. The number of hydrogen-bond donors (Lipinski definition) is 0. The van der Waals surface area contributed by atoms with E-state index in [2.05, 4.69) is 13.0 Å². The second kappa shape index (κ2) is 2.88. The van der Waals surface area contributed by atoms with Crippen LogP contribution in [-0.4, -0.2) is 12.7 Å². The Labute approximate surface area is 50.3 Å². The molecule has 1 aliphatic heterocycles. The van der Waals surface area contributed by atoms with Crippen LogP contribution in [0.1, 0.15) is 12.8 Å². The summed E-state index contributed by atoms with van der Waals surface area (Å²) >= 11 is 0. The second-order valence-electron chi connectivity index (χ2n) is 1.95. The van der Waals surface area contributed by atoms with E-state index in [1.807, 2.05) is 6.08 Å². The molecule has 0 saturated carbocycles. The molecular weight excluding hydrogens is 100 g/mol. The van der Waals surface area contributed by atoms with E-state index in [-0.39, 0.29) is 0 Å². The molecule has 0 amide bonds. The summed E-state index contributed by atoms with van der Waals surface area (Å²) in [5.41, 5.74) is 0. The van der Waals surface area contributed by atoms with Gasteiger partial charge in [-0.3, -0.25) is 0 Å². The maximum Gasteiger partial charge on any atom is 0.0651 e. The van der Waals surface area contributed by atoms with Crippen molar-refractivity contribution in [2.75, 3.05) is 6.61 Å². The Morgan fingerprint density at radius 2 is 2.50 bits per heavy atom. The fourth-order valence-corrected chi connectivity index (χ4v) is 0.777. The van der Waals surface area contributed by atoms with Crippen LogP contribution < -0.4 is 0 Å². The molecule has 0 N–H and O–H groups in total. The lowest BCUT2D eigenvalue weighted by molar-refractivity contribution is 0.0699. The third-order valence-corrected chi connectivity index (χ3v) is 1.32. The van der Waals surface area contributed by atoms with Crippen LogP contribution in [0.4, 0.5) is 0 Å². The molecule has 0 aromatic rings. The average molecular weight is 111 g/mol. The molecule has 1 nitrogen and oxygen atoms in total. The van der Waals surface area contributed by atoms with Gasteiger partial charge in [0.2, 0.25) is 0 Å². The lowest BCUT2D eigenvalue weighted by Crippen LogP contribution is -2.13. The van der Waals surface area contributed by atoms with Gasteiger partial charge in [-0.2, -0.15) is 0 Å². The third kappa shape index (κ3) is 1.34. The van der Waals surface area contributed by atoms with Crippen molar-refractivity contribution in [1.29, 1.82) is 0 Å². The van der Waals surface area contributed by atoms with Gasteiger partial charge in [0.25, 0.3) is 0 Å². The molecule has 0 fully saturated rings. The van der Waals surface area contributed by atoms with Crippen molar-refractivity contribution >= 4 is 0 Å². The van der Waals surface area contributed by atoms with Crippen molar-refractivity contribution < 1.29 is 4.74 Å². The minimum absolute atomic E-state index is 0.389. The van der Waals surface area contributed by atoms with Gasteiger partial charge >= 0.3 is 0 Å². The lowest BCUT2D eigenvalue weighted by atomic mass is 10.1. The fourth-order valence-electron chi connectivity index (χ4n) is 0.777. The van der Waals surface area contributed by atoms with Crippen molar-refractivity contribution in [1.82, 2.24) is 0 Å². The average Bonchev–Trinajstić information content (AvgIpc) is 1.90. The molecule has 0 spiro atoms. The number of rotatable bonds is 1. The van der Waals surface area contributed by atoms with Crippen molar-refractivity contribution in [2.45, 2.75) is 18.9 Å². The molecule has 0 saturated heterocycles. The predicted octanol–water partition coefficient (Wildman–Crippen LogP) is 1.56. The summed E-state index contributed by atoms with van der Waals surface area (Å²) in [6, 6.07) is 0. The largest absolute Gasteiger partial charge is 0.374 e. The summed E-state index contributed by atoms with van der Waals surface area (Å²) in [5.74, 6) is 0. The molecule has 45 valence electrons. The summed E-state index contributed by atoms with van der Waals surface area (Å²) < 4.78 is 5.28. The summed E-state index contributed by atoms with van der Waals surface area (Å²) in [6.45, 7) is 4.53. The van der Waals surface area contributed by atoms with Gasteiger partial charge in [0.15, 0.2) is 0 Å². The first-order valence-corrected chi connectivity index (χ1v) is 2.99. The van der Waals surface area contributed by atoms with Gasteiger partial charge in [0, 0.05) is 0 Å². The van der Waals surface area contributed by atoms with Crippen molar-refractivity contribution in [3.63, 3.8) is 0 Å². The summed E-state index contributed by atoms with van der Waals surface area (Å²) in [4.78, 5) is 0. The zero-order chi connectivity index (χ0) is 5.82. The van der Waals surface area contributed by atoms with Gasteiger partial charge in [0.05, 0.1) is 12.7 Å². The maximum absolute atomic E-state index is 5.28. The zero-order valence-electron chi connectivity index (χ0n) is 4.97. The maximum atomic E-state index is 5.28. The fraction of sp³-hybridized carbons (Fsp3) is 0.571. The quantitative estimate of drug-likeness (QED) is 0.466. The Morgan fingerprint density at radius 1 is 1.62 bits per heavy atom. The molecule has 1 heterocycles. The van der Waals surface area contributed by atoms with E-state index in [1.165, 1.54) is 0 Å². The predicted molar refractivity (Wildman–Crippen MR) is 33.5 cm³/mol. The van der Waals surface area contributed by atoms with Gasteiger partial charge in [-0.15, -0.1) is 0 Å². The van der Waals surface area contributed by atoms with E-state index in [9.17, 15) is 0 Å². The second-order valence-corrected chi connectivity index (χ2v) is 1.95. The summed E-state index contributed by atoms with van der Waals surface area (Å²) in [7, 11) is 0. The molecule has 0 bridgehead atoms. The molecular formula is C7H11O.